The van der Waals surface area contributed by atoms with Crippen molar-refractivity contribution in [2.75, 3.05) is 0 Å². The molecule has 0 aliphatic carbocycles. The van der Waals surface area contributed by atoms with E-state index in [-0.39, 0.29) is 0 Å². The van der Waals surface area contributed by atoms with Gasteiger partial charge in [-0.05, 0) is 30.4 Å². The molecule has 2 heteroatoms. The summed E-state index contributed by atoms with van der Waals surface area (Å²) >= 11 is 0. The Morgan fingerprint density at radius 1 is 1.31 bits per heavy atom. The Morgan fingerprint density at radius 2 is 2.15 bits per heavy atom. The van der Waals surface area contributed by atoms with Crippen LogP contribution in [-0.4, -0.2) is 11.2 Å². The SMILES string of the molecule is CC(C)c1ccc2c(n1)N=CCC2. The minimum Gasteiger partial charge on any atom is -0.241 e. The first-order valence-corrected chi connectivity index (χ1v) is 4.79. The lowest BCUT2D eigenvalue weighted by Gasteiger charge is -2.11. The molecule has 1 aliphatic rings. The Morgan fingerprint density at radius 3 is 2.92 bits per heavy atom. The van der Waals surface area contributed by atoms with Crippen molar-refractivity contribution >= 4 is 12.0 Å². The third-order valence-corrected chi connectivity index (χ3v) is 2.33. The minimum absolute atomic E-state index is 0.488. The number of hydrogen-bond donors (Lipinski definition) is 0. The maximum Gasteiger partial charge on any atom is 0.154 e. The Hall–Kier alpha value is -1.18. The highest BCUT2D eigenvalue weighted by Gasteiger charge is 2.09. The Kier molecular flexibility index (Phi) is 2.13. The molecule has 0 spiro atoms. The first kappa shape index (κ1) is 8.42. The lowest BCUT2D eigenvalue weighted by Crippen LogP contribution is -1.99. The lowest BCUT2D eigenvalue weighted by atomic mass is 10.1. The molecule has 1 aliphatic heterocycles. The standard InChI is InChI=1S/C11H14N2/c1-8(2)10-6-5-9-4-3-7-12-11(9)13-10/h5-8H,3-4H2,1-2H3. The number of nitrogens with zero attached hydrogens (tertiary/aromatic N) is 2. The van der Waals surface area contributed by atoms with E-state index >= 15 is 0 Å². The van der Waals surface area contributed by atoms with Crippen LogP contribution in [0.5, 0.6) is 0 Å². The van der Waals surface area contributed by atoms with Gasteiger partial charge < -0.3 is 0 Å². The maximum absolute atomic E-state index is 4.51. The number of aromatic nitrogens is 1. The van der Waals surface area contributed by atoms with Crippen molar-refractivity contribution < 1.29 is 0 Å². The zero-order valence-corrected chi connectivity index (χ0v) is 8.12. The van der Waals surface area contributed by atoms with Crippen LogP contribution in [0.2, 0.25) is 0 Å². The second kappa shape index (κ2) is 3.29. The minimum atomic E-state index is 0.488. The molecular formula is C11H14N2. The number of rotatable bonds is 1. The van der Waals surface area contributed by atoms with Gasteiger partial charge in [0.05, 0.1) is 0 Å². The fourth-order valence-electron chi connectivity index (χ4n) is 1.49. The van der Waals surface area contributed by atoms with Crippen molar-refractivity contribution in [1.29, 1.82) is 0 Å². The Bertz CT molecular complexity index is 340. The van der Waals surface area contributed by atoms with Crippen molar-refractivity contribution in [3.05, 3.63) is 23.4 Å². The predicted molar refractivity (Wildman–Crippen MR) is 54.8 cm³/mol. The van der Waals surface area contributed by atoms with E-state index in [0.717, 1.165) is 24.4 Å². The van der Waals surface area contributed by atoms with Gasteiger partial charge >= 0.3 is 0 Å². The molecule has 0 unspecified atom stereocenters. The van der Waals surface area contributed by atoms with Crippen molar-refractivity contribution in [3.63, 3.8) is 0 Å². The molecule has 0 N–H and O–H groups in total. The van der Waals surface area contributed by atoms with Gasteiger partial charge in [-0.15, -0.1) is 0 Å². The fraction of sp³-hybridized carbons (Fsp3) is 0.455. The van der Waals surface area contributed by atoms with E-state index in [2.05, 4.69) is 36.0 Å². The zero-order chi connectivity index (χ0) is 9.26. The van der Waals surface area contributed by atoms with E-state index in [4.69, 9.17) is 0 Å². The number of fused-ring (bicyclic) bond motifs is 1. The first-order valence-electron chi connectivity index (χ1n) is 4.79. The molecule has 2 heterocycles. The second-order valence-electron chi connectivity index (χ2n) is 3.72. The zero-order valence-electron chi connectivity index (χ0n) is 8.12. The van der Waals surface area contributed by atoms with Crippen LogP contribution >= 0.6 is 0 Å². The average molecular weight is 174 g/mol. The van der Waals surface area contributed by atoms with Crippen LogP contribution in [0.3, 0.4) is 0 Å². The average Bonchev–Trinajstić information content (AvgIpc) is 2.17. The molecule has 68 valence electrons. The van der Waals surface area contributed by atoms with Gasteiger partial charge in [-0.2, -0.15) is 0 Å². The van der Waals surface area contributed by atoms with E-state index in [1.807, 2.05) is 6.21 Å². The molecule has 1 aromatic rings. The number of aliphatic imine (C=N–C) groups is 1. The van der Waals surface area contributed by atoms with Gasteiger partial charge in [0, 0.05) is 11.9 Å². The largest absolute Gasteiger partial charge is 0.241 e. The van der Waals surface area contributed by atoms with Gasteiger partial charge in [0.1, 0.15) is 0 Å². The number of pyridine rings is 1. The second-order valence-corrected chi connectivity index (χ2v) is 3.72. The van der Waals surface area contributed by atoms with Crippen molar-refractivity contribution in [2.45, 2.75) is 32.6 Å². The lowest BCUT2D eigenvalue weighted by molar-refractivity contribution is 0.816. The van der Waals surface area contributed by atoms with Crippen LogP contribution in [0, 0.1) is 0 Å². The van der Waals surface area contributed by atoms with E-state index in [1.165, 1.54) is 5.56 Å². The summed E-state index contributed by atoms with van der Waals surface area (Å²) in [5.74, 6) is 1.42. The predicted octanol–water partition coefficient (Wildman–Crippen LogP) is 2.85. The van der Waals surface area contributed by atoms with Gasteiger partial charge in [0.15, 0.2) is 5.82 Å². The molecule has 0 amide bonds. The number of aryl methyl sites for hydroxylation is 1. The van der Waals surface area contributed by atoms with E-state index < -0.39 is 0 Å². The van der Waals surface area contributed by atoms with Crippen LogP contribution < -0.4 is 0 Å². The summed E-state index contributed by atoms with van der Waals surface area (Å²) in [6.07, 6.45) is 4.10. The maximum atomic E-state index is 4.51. The molecule has 0 aromatic carbocycles. The highest BCUT2D eigenvalue weighted by Crippen LogP contribution is 2.24. The molecule has 0 radical (unpaired) electrons. The third-order valence-electron chi connectivity index (χ3n) is 2.33. The van der Waals surface area contributed by atoms with Crippen LogP contribution in [0.15, 0.2) is 17.1 Å². The van der Waals surface area contributed by atoms with Crippen molar-refractivity contribution in [1.82, 2.24) is 4.98 Å². The summed E-state index contributed by atoms with van der Waals surface area (Å²) in [6, 6.07) is 4.28. The van der Waals surface area contributed by atoms with E-state index in [9.17, 15) is 0 Å². The summed E-state index contributed by atoms with van der Waals surface area (Å²) in [5, 5.41) is 0. The third kappa shape index (κ3) is 1.62. The molecule has 0 saturated carbocycles. The molecular weight excluding hydrogens is 160 g/mol. The smallest absolute Gasteiger partial charge is 0.154 e. The van der Waals surface area contributed by atoms with Gasteiger partial charge in [0.25, 0.3) is 0 Å². The van der Waals surface area contributed by atoms with Crippen LogP contribution in [-0.2, 0) is 6.42 Å². The molecule has 2 rings (SSSR count). The highest BCUT2D eigenvalue weighted by atomic mass is 14.9. The Labute approximate surface area is 78.7 Å². The van der Waals surface area contributed by atoms with Crippen LogP contribution in [0.4, 0.5) is 5.82 Å². The van der Waals surface area contributed by atoms with Gasteiger partial charge in [-0.25, -0.2) is 9.98 Å². The summed E-state index contributed by atoms with van der Waals surface area (Å²) in [7, 11) is 0. The van der Waals surface area contributed by atoms with E-state index in [1.54, 1.807) is 0 Å². The Balaban J connectivity index is 2.43. The van der Waals surface area contributed by atoms with E-state index in [0.29, 0.717) is 5.92 Å². The molecule has 0 saturated heterocycles. The molecule has 2 nitrogen and oxygen atoms in total. The summed E-state index contributed by atoms with van der Waals surface area (Å²) < 4.78 is 0. The monoisotopic (exact) mass is 174 g/mol. The topological polar surface area (TPSA) is 25.2 Å². The van der Waals surface area contributed by atoms with Crippen molar-refractivity contribution in [3.8, 4) is 0 Å². The van der Waals surface area contributed by atoms with Crippen LogP contribution in [0.25, 0.3) is 0 Å². The first-order chi connectivity index (χ1) is 6.27. The summed E-state index contributed by atoms with van der Waals surface area (Å²) in [6.45, 7) is 4.31. The van der Waals surface area contributed by atoms with Crippen molar-refractivity contribution in [2.24, 2.45) is 4.99 Å². The fourth-order valence-corrected chi connectivity index (χ4v) is 1.49. The highest BCUT2D eigenvalue weighted by molar-refractivity contribution is 5.66. The van der Waals surface area contributed by atoms with Gasteiger partial charge in [-0.3, -0.25) is 0 Å². The molecule has 13 heavy (non-hydrogen) atoms. The van der Waals surface area contributed by atoms with Gasteiger partial charge in [0.2, 0.25) is 0 Å². The quantitative estimate of drug-likeness (QED) is 0.642. The normalized spacial score (nSPS) is 14.7. The number of hydrogen-bond acceptors (Lipinski definition) is 2. The van der Waals surface area contributed by atoms with Crippen LogP contribution in [0.1, 0.15) is 37.4 Å². The molecule has 0 fully saturated rings. The summed E-state index contributed by atoms with van der Waals surface area (Å²) in [4.78, 5) is 8.81. The molecule has 0 atom stereocenters. The molecule has 1 aromatic heterocycles. The summed E-state index contributed by atoms with van der Waals surface area (Å²) in [5.41, 5.74) is 2.42. The molecule has 0 bridgehead atoms. The van der Waals surface area contributed by atoms with Gasteiger partial charge in [-0.1, -0.05) is 19.9 Å².